The topological polar surface area (TPSA) is 25.2 Å². The van der Waals surface area contributed by atoms with Gasteiger partial charge >= 0.3 is 0 Å². The van der Waals surface area contributed by atoms with Crippen molar-refractivity contribution in [1.29, 1.82) is 0 Å². The van der Waals surface area contributed by atoms with Crippen molar-refractivity contribution in [1.82, 2.24) is 5.32 Å². The van der Waals surface area contributed by atoms with Crippen molar-refractivity contribution in [2.45, 2.75) is 18.9 Å². The highest BCUT2D eigenvalue weighted by molar-refractivity contribution is 5.57. The summed E-state index contributed by atoms with van der Waals surface area (Å²) in [6.45, 7) is 1.14. The minimum absolute atomic E-state index is 0.547. The molecule has 2 heterocycles. The molecule has 3 rings (SSSR count). The first-order chi connectivity index (χ1) is 7.93. The molecule has 1 aromatic carbocycles. The molecular weight excluding hydrogens is 198 g/mol. The van der Waals surface area contributed by atoms with Crippen molar-refractivity contribution < 1.29 is 4.42 Å². The second-order valence-corrected chi connectivity index (χ2v) is 4.25. The molecule has 0 bridgehead atoms. The molecule has 0 aliphatic carbocycles. The number of hydrogen-bond donors (Lipinski definition) is 1. The molecule has 0 spiro atoms. The van der Waals surface area contributed by atoms with E-state index in [4.69, 9.17) is 4.42 Å². The Hall–Kier alpha value is -1.54. The third-order valence-electron chi connectivity index (χ3n) is 3.18. The Kier molecular flexibility index (Phi) is 2.50. The molecule has 1 atom stereocenters. The Morgan fingerprint density at radius 1 is 1.12 bits per heavy atom. The first-order valence-corrected chi connectivity index (χ1v) is 5.81. The van der Waals surface area contributed by atoms with Gasteiger partial charge < -0.3 is 9.73 Å². The molecule has 82 valence electrons. The van der Waals surface area contributed by atoms with Crippen molar-refractivity contribution >= 4 is 0 Å². The lowest BCUT2D eigenvalue weighted by atomic mass is 10.0. The van der Waals surface area contributed by atoms with Gasteiger partial charge in [0, 0.05) is 11.6 Å². The summed E-state index contributed by atoms with van der Waals surface area (Å²) in [6.07, 6.45) is 4.24. The second-order valence-electron chi connectivity index (χ2n) is 4.25. The molecule has 1 fully saturated rings. The van der Waals surface area contributed by atoms with Gasteiger partial charge in [0.2, 0.25) is 0 Å². The lowest BCUT2D eigenvalue weighted by Crippen LogP contribution is -2.12. The predicted molar refractivity (Wildman–Crippen MR) is 64.1 cm³/mol. The number of nitrogens with one attached hydrogen (secondary N) is 1. The zero-order valence-corrected chi connectivity index (χ0v) is 9.15. The second kappa shape index (κ2) is 4.14. The quantitative estimate of drug-likeness (QED) is 0.827. The zero-order chi connectivity index (χ0) is 10.8. The first-order valence-electron chi connectivity index (χ1n) is 5.81. The van der Waals surface area contributed by atoms with Crippen LogP contribution in [0.3, 0.4) is 0 Å². The summed E-state index contributed by atoms with van der Waals surface area (Å²) in [5, 5.41) is 3.50. The van der Waals surface area contributed by atoms with Crippen LogP contribution in [0.15, 0.2) is 47.1 Å². The molecule has 1 saturated heterocycles. The molecule has 2 heteroatoms. The standard InChI is InChI=1S/C14H15NO/c1-3-13(15-9-1)11-5-7-12(8-6-11)14-4-2-10-16-14/h2,4-8,10,13,15H,1,3,9H2/t13-/m0/s1. The molecule has 0 radical (unpaired) electrons. The van der Waals surface area contributed by atoms with E-state index in [1.54, 1.807) is 6.26 Å². The van der Waals surface area contributed by atoms with Crippen LogP contribution in [0.2, 0.25) is 0 Å². The van der Waals surface area contributed by atoms with Crippen molar-refractivity contribution in [3.63, 3.8) is 0 Å². The van der Waals surface area contributed by atoms with E-state index in [1.165, 1.54) is 18.4 Å². The lowest BCUT2D eigenvalue weighted by molar-refractivity contribution is 0.582. The van der Waals surface area contributed by atoms with Gasteiger partial charge in [-0.15, -0.1) is 0 Å². The van der Waals surface area contributed by atoms with Crippen molar-refractivity contribution in [2.24, 2.45) is 0 Å². The Labute approximate surface area is 95.3 Å². The monoisotopic (exact) mass is 213 g/mol. The first kappa shape index (κ1) is 9.67. The van der Waals surface area contributed by atoms with Gasteiger partial charge in [-0.3, -0.25) is 0 Å². The van der Waals surface area contributed by atoms with E-state index in [9.17, 15) is 0 Å². The van der Waals surface area contributed by atoms with Gasteiger partial charge in [-0.25, -0.2) is 0 Å². The molecule has 16 heavy (non-hydrogen) atoms. The zero-order valence-electron chi connectivity index (χ0n) is 9.15. The largest absolute Gasteiger partial charge is 0.464 e. The molecule has 0 saturated carbocycles. The fourth-order valence-corrected chi connectivity index (χ4v) is 2.29. The maximum atomic E-state index is 5.37. The van der Waals surface area contributed by atoms with Crippen LogP contribution in [-0.4, -0.2) is 6.54 Å². The Balaban J connectivity index is 1.84. The molecule has 2 nitrogen and oxygen atoms in total. The van der Waals surface area contributed by atoms with Crippen LogP contribution in [0.4, 0.5) is 0 Å². The van der Waals surface area contributed by atoms with Gasteiger partial charge in [0.25, 0.3) is 0 Å². The normalized spacial score (nSPS) is 20.1. The van der Waals surface area contributed by atoms with Gasteiger partial charge in [0.05, 0.1) is 6.26 Å². The molecule has 2 aromatic rings. The van der Waals surface area contributed by atoms with Crippen LogP contribution < -0.4 is 5.32 Å². The molecule has 1 aromatic heterocycles. The highest BCUT2D eigenvalue weighted by Gasteiger charge is 2.15. The van der Waals surface area contributed by atoms with E-state index in [-0.39, 0.29) is 0 Å². The summed E-state index contributed by atoms with van der Waals surface area (Å²) in [4.78, 5) is 0. The number of furan rings is 1. The SMILES string of the molecule is c1coc(-c2ccc([C@@H]3CCCN3)cc2)c1. The lowest BCUT2D eigenvalue weighted by Gasteiger charge is -2.10. The summed E-state index contributed by atoms with van der Waals surface area (Å²) in [5.41, 5.74) is 2.53. The molecule has 1 N–H and O–H groups in total. The minimum Gasteiger partial charge on any atom is -0.464 e. The number of rotatable bonds is 2. The molecule has 0 amide bonds. The van der Waals surface area contributed by atoms with E-state index in [0.717, 1.165) is 17.9 Å². The summed E-state index contributed by atoms with van der Waals surface area (Å²) in [7, 11) is 0. The van der Waals surface area contributed by atoms with Crippen LogP contribution in [0, 0.1) is 0 Å². The van der Waals surface area contributed by atoms with Gasteiger partial charge in [-0.1, -0.05) is 24.3 Å². The van der Waals surface area contributed by atoms with Crippen molar-refractivity contribution in [3.8, 4) is 11.3 Å². The van der Waals surface area contributed by atoms with E-state index >= 15 is 0 Å². The maximum absolute atomic E-state index is 5.37. The van der Waals surface area contributed by atoms with Crippen LogP contribution in [0.1, 0.15) is 24.4 Å². The molecule has 1 aliphatic heterocycles. The van der Waals surface area contributed by atoms with Gasteiger partial charge in [-0.05, 0) is 37.1 Å². The van der Waals surface area contributed by atoms with Gasteiger partial charge in [0.15, 0.2) is 0 Å². The van der Waals surface area contributed by atoms with Gasteiger partial charge in [-0.2, -0.15) is 0 Å². The van der Waals surface area contributed by atoms with E-state index < -0.39 is 0 Å². The van der Waals surface area contributed by atoms with Crippen molar-refractivity contribution in [3.05, 3.63) is 48.2 Å². The number of hydrogen-bond acceptors (Lipinski definition) is 2. The third kappa shape index (κ3) is 1.76. The van der Waals surface area contributed by atoms with Crippen molar-refractivity contribution in [2.75, 3.05) is 6.54 Å². The van der Waals surface area contributed by atoms with Crippen LogP contribution in [0.25, 0.3) is 11.3 Å². The average Bonchev–Trinajstić information content (AvgIpc) is 3.03. The van der Waals surface area contributed by atoms with Crippen LogP contribution in [-0.2, 0) is 0 Å². The van der Waals surface area contributed by atoms with Crippen LogP contribution in [0.5, 0.6) is 0 Å². The summed E-state index contributed by atoms with van der Waals surface area (Å²) in [6, 6.07) is 13.1. The fraction of sp³-hybridized carbons (Fsp3) is 0.286. The van der Waals surface area contributed by atoms with E-state index in [0.29, 0.717) is 6.04 Å². The minimum atomic E-state index is 0.547. The highest BCUT2D eigenvalue weighted by Crippen LogP contribution is 2.26. The maximum Gasteiger partial charge on any atom is 0.133 e. The Bertz CT molecular complexity index is 438. The van der Waals surface area contributed by atoms with Gasteiger partial charge in [0.1, 0.15) is 5.76 Å². The average molecular weight is 213 g/mol. The fourth-order valence-electron chi connectivity index (χ4n) is 2.29. The molecule has 0 unspecified atom stereocenters. The summed E-state index contributed by atoms with van der Waals surface area (Å²) < 4.78 is 5.37. The Morgan fingerprint density at radius 2 is 2.00 bits per heavy atom. The summed E-state index contributed by atoms with van der Waals surface area (Å²) >= 11 is 0. The molecular formula is C14H15NO. The third-order valence-corrected chi connectivity index (χ3v) is 3.18. The van der Waals surface area contributed by atoms with E-state index in [1.807, 2.05) is 12.1 Å². The molecule has 1 aliphatic rings. The Morgan fingerprint density at radius 3 is 2.62 bits per heavy atom. The predicted octanol–water partition coefficient (Wildman–Crippen LogP) is 3.37. The smallest absolute Gasteiger partial charge is 0.133 e. The van der Waals surface area contributed by atoms with E-state index in [2.05, 4.69) is 29.6 Å². The van der Waals surface area contributed by atoms with Crippen LogP contribution >= 0.6 is 0 Å². The summed E-state index contributed by atoms with van der Waals surface area (Å²) in [5.74, 6) is 0.936. The highest BCUT2D eigenvalue weighted by atomic mass is 16.3. The number of benzene rings is 1.